The van der Waals surface area contributed by atoms with Crippen molar-refractivity contribution in [3.05, 3.63) is 35.5 Å². The summed E-state index contributed by atoms with van der Waals surface area (Å²) in [5.74, 6) is 1.58. The summed E-state index contributed by atoms with van der Waals surface area (Å²) >= 11 is 0. The molecule has 0 saturated heterocycles. The van der Waals surface area contributed by atoms with E-state index >= 15 is 0 Å². The predicted molar refractivity (Wildman–Crippen MR) is 119 cm³/mol. The third-order valence-corrected chi connectivity index (χ3v) is 7.92. The Morgan fingerprint density at radius 2 is 1.96 bits per heavy atom. The standard InChI is InChI=1S/C26H44O/c1-20(2)10-8-16-25(5)17-9-11-24-23(25)13-12-22(4)26(24,6)18-14-21(3)15-19-27-7/h11,15,22-23H,1,8-10,12-14,16-19H2,2-7H3/b21-15+/t22-,23+,25+,26+/m1/s1. The van der Waals surface area contributed by atoms with Crippen LogP contribution in [0.5, 0.6) is 0 Å². The van der Waals surface area contributed by atoms with E-state index in [1.807, 2.05) is 5.57 Å². The number of hydrogen-bond acceptors (Lipinski definition) is 1. The van der Waals surface area contributed by atoms with Gasteiger partial charge in [0.15, 0.2) is 0 Å². The lowest BCUT2D eigenvalue weighted by Crippen LogP contribution is -2.44. The summed E-state index contributed by atoms with van der Waals surface area (Å²) < 4.78 is 5.22. The van der Waals surface area contributed by atoms with Crippen molar-refractivity contribution in [3.63, 3.8) is 0 Å². The number of hydrogen-bond donors (Lipinski definition) is 0. The van der Waals surface area contributed by atoms with Gasteiger partial charge in [0.25, 0.3) is 0 Å². The van der Waals surface area contributed by atoms with E-state index in [2.05, 4.69) is 53.3 Å². The molecule has 0 aromatic rings. The number of methoxy groups -OCH3 is 1. The average Bonchev–Trinajstić information content (AvgIpc) is 2.61. The van der Waals surface area contributed by atoms with Crippen molar-refractivity contribution in [3.8, 4) is 0 Å². The van der Waals surface area contributed by atoms with E-state index in [0.29, 0.717) is 10.8 Å². The van der Waals surface area contributed by atoms with Gasteiger partial charge in [0, 0.05) is 7.11 Å². The second kappa shape index (κ2) is 9.59. The third kappa shape index (κ3) is 5.37. The molecule has 2 aliphatic carbocycles. The van der Waals surface area contributed by atoms with Gasteiger partial charge in [-0.25, -0.2) is 0 Å². The lowest BCUT2D eigenvalue weighted by atomic mass is 9.51. The van der Waals surface area contributed by atoms with Crippen molar-refractivity contribution in [2.45, 2.75) is 92.4 Å². The number of ether oxygens (including phenoxy) is 1. The maximum Gasteiger partial charge on any atom is 0.0646 e. The maximum absolute atomic E-state index is 5.22. The molecular formula is C26H44O. The van der Waals surface area contributed by atoms with Crippen molar-refractivity contribution in [2.24, 2.45) is 22.7 Å². The van der Waals surface area contributed by atoms with Crippen molar-refractivity contribution >= 4 is 0 Å². The second-order valence-electron chi connectivity index (χ2n) is 10.1. The number of rotatable bonds is 9. The van der Waals surface area contributed by atoms with Crippen LogP contribution in [0.1, 0.15) is 92.4 Å². The first-order valence-corrected chi connectivity index (χ1v) is 11.2. The Kier molecular flexibility index (Phi) is 7.98. The van der Waals surface area contributed by atoms with Gasteiger partial charge in [-0.15, -0.1) is 6.58 Å². The summed E-state index contributed by atoms with van der Waals surface area (Å²) in [6, 6.07) is 0. The SMILES string of the molecule is C=C(C)CCC[C@@]1(C)CCC=C2[C@@H]1CC[C@@H](C)[C@]2(C)CC/C(C)=C/COC. The summed E-state index contributed by atoms with van der Waals surface area (Å²) in [7, 11) is 1.78. The number of fused-ring (bicyclic) bond motifs is 1. The number of allylic oxidation sites excluding steroid dienone is 4. The fourth-order valence-corrected chi connectivity index (χ4v) is 5.67. The summed E-state index contributed by atoms with van der Waals surface area (Å²) in [4.78, 5) is 0. The van der Waals surface area contributed by atoms with Crippen LogP contribution in [0.15, 0.2) is 35.5 Å². The zero-order chi connectivity index (χ0) is 20.1. The van der Waals surface area contributed by atoms with E-state index in [1.165, 1.54) is 68.9 Å². The minimum absolute atomic E-state index is 0.362. The largest absolute Gasteiger partial charge is 0.381 e. The molecule has 154 valence electrons. The fourth-order valence-electron chi connectivity index (χ4n) is 5.67. The Bertz CT molecular complexity index is 569. The van der Waals surface area contributed by atoms with Crippen molar-refractivity contribution in [1.82, 2.24) is 0 Å². The molecule has 0 N–H and O–H groups in total. The summed E-state index contributed by atoms with van der Waals surface area (Å²) in [5.41, 5.74) is 5.48. The Hall–Kier alpha value is -0.820. The lowest BCUT2D eigenvalue weighted by Gasteiger charge is -2.54. The predicted octanol–water partition coefficient (Wildman–Crippen LogP) is 7.88. The monoisotopic (exact) mass is 372 g/mol. The molecule has 0 amide bonds. The van der Waals surface area contributed by atoms with E-state index in [1.54, 1.807) is 7.11 Å². The highest BCUT2D eigenvalue weighted by Gasteiger charge is 2.48. The molecule has 0 unspecified atom stereocenters. The van der Waals surface area contributed by atoms with Gasteiger partial charge in [0.1, 0.15) is 0 Å². The minimum Gasteiger partial charge on any atom is -0.381 e. The molecule has 1 nitrogen and oxygen atoms in total. The van der Waals surface area contributed by atoms with Gasteiger partial charge in [0.2, 0.25) is 0 Å². The van der Waals surface area contributed by atoms with Gasteiger partial charge < -0.3 is 4.74 Å². The van der Waals surface area contributed by atoms with E-state index in [9.17, 15) is 0 Å². The van der Waals surface area contributed by atoms with Crippen molar-refractivity contribution in [1.29, 1.82) is 0 Å². The Balaban J connectivity index is 2.15. The summed E-state index contributed by atoms with van der Waals surface area (Å²) in [5, 5.41) is 0. The smallest absolute Gasteiger partial charge is 0.0646 e. The molecule has 1 saturated carbocycles. The molecular weight excluding hydrogens is 328 g/mol. The van der Waals surface area contributed by atoms with Crippen molar-refractivity contribution in [2.75, 3.05) is 13.7 Å². The van der Waals surface area contributed by atoms with Gasteiger partial charge in [-0.3, -0.25) is 0 Å². The Morgan fingerprint density at radius 1 is 1.22 bits per heavy atom. The fraction of sp³-hybridized carbons (Fsp3) is 0.769. The molecule has 1 fully saturated rings. The van der Waals surface area contributed by atoms with Crippen LogP contribution in [0.4, 0.5) is 0 Å². The molecule has 0 bridgehead atoms. The molecule has 0 heterocycles. The highest BCUT2D eigenvalue weighted by Crippen LogP contribution is 2.59. The molecule has 27 heavy (non-hydrogen) atoms. The topological polar surface area (TPSA) is 9.23 Å². The zero-order valence-corrected chi connectivity index (χ0v) is 19.0. The normalized spacial score (nSPS) is 34.1. The van der Waals surface area contributed by atoms with Crippen LogP contribution in [0.25, 0.3) is 0 Å². The van der Waals surface area contributed by atoms with E-state index in [0.717, 1.165) is 18.4 Å². The molecule has 1 heteroatoms. The average molecular weight is 373 g/mol. The minimum atomic E-state index is 0.362. The molecule has 0 spiro atoms. The van der Waals surface area contributed by atoms with Crippen LogP contribution in [0.2, 0.25) is 0 Å². The van der Waals surface area contributed by atoms with E-state index in [-0.39, 0.29) is 0 Å². The van der Waals surface area contributed by atoms with Crippen LogP contribution in [0, 0.1) is 22.7 Å². The molecule has 0 radical (unpaired) electrons. The molecule has 2 rings (SSSR count). The highest BCUT2D eigenvalue weighted by atomic mass is 16.5. The van der Waals surface area contributed by atoms with Crippen LogP contribution >= 0.6 is 0 Å². The Labute approximate surface area is 169 Å². The third-order valence-electron chi connectivity index (χ3n) is 7.92. The molecule has 2 aliphatic rings. The maximum atomic E-state index is 5.22. The van der Waals surface area contributed by atoms with Gasteiger partial charge in [-0.1, -0.05) is 49.6 Å². The van der Waals surface area contributed by atoms with Crippen molar-refractivity contribution < 1.29 is 4.74 Å². The van der Waals surface area contributed by atoms with Crippen LogP contribution in [-0.2, 0) is 4.74 Å². The van der Waals surface area contributed by atoms with Crippen LogP contribution < -0.4 is 0 Å². The second-order valence-corrected chi connectivity index (χ2v) is 10.1. The molecule has 0 aromatic heterocycles. The zero-order valence-electron chi connectivity index (χ0n) is 19.0. The van der Waals surface area contributed by atoms with Crippen LogP contribution in [-0.4, -0.2) is 13.7 Å². The van der Waals surface area contributed by atoms with E-state index in [4.69, 9.17) is 4.74 Å². The summed E-state index contributed by atoms with van der Waals surface area (Å²) in [6.07, 6.45) is 16.7. The Morgan fingerprint density at radius 3 is 2.63 bits per heavy atom. The first-order valence-electron chi connectivity index (χ1n) is 11.2. The van der Waals surface area contributed by atoms with Gasteiger partial charge in [-0.05, 0) is 94.3 Å². The summed E-state index contributed by atoms with van der Waals surface area (Å²) in [6.45, 7) is 16.9. The van der Waals surface area contributed by atoms with Crippen LogP contribution in [0.3, 0.4) is 0 Å². The molecule has 0 aliphatic heterocycles. The van der Waals surface area contributed by atoms with E-state index < -0.39 is 0 Å². The van der Waals surface area contributed by atoms with Gasteiger partial charge in [0.05, 0.1) is 6.61 Å². The first kappa shape index (κ1) is 22.5. The molecule has 4 atom stereocenters. The highest BCUT2D eigenvalue weighted by molar-refractivity contribution is 5.26. The van der Waals surface area contributed by atoms with Gasteiger partial charge >= 0.3 is 0 Å². The quantitative estimate of drug-likeness (QED) is 0.374. The first-order chi connectivity index (χ1) is 12.7. The molecule has 0 aromatic carbocycles. The van der Waals surface area contributed by atoms with Gasteiger partial charge in [-0.2, -0.15) is 0 Å². The lowest BCUT2D eigenvalue weighted by molar-refractivity contribution is 0.0632.